The van der Waals surface area contributed by atoms with Crippen molar-refractivity contribution in [2.24, 2.45) is 5.14 Å². The largest absolute Gasteiger partial charge is 0.247 e. The number of nitrogens with two attached hydrogens (primary N) is 1. The van der Waals surface area contributed by atoms with Crippen molar-refractivity contribution in [1.29, 1.82) is 0 Å². The Morgan fingerprint density at radius 3 is 2.83 bits per heavy atom. The molecule has 1 aliphatic rings. The molecule has 18 heavy (non-hydrogen) atoms. The van der Waals surface area contributed by atoms with Crippen molar-refractivity contribution in [1.82, 2.24) is 4.42 Å². The van der Waals surface area contributed by atoms with E-state index in [2.05, 4.69) is 6.92 Å². The lowest BCUT2D eigenvalue weighted by Gasteiger charge is -2.31. The molecule has 2 heterocycles. The molecule has 0 radical (unpaired) electrons. The molecule has 2 rings (SSSR count). The predicted octanol–water partition coefficient (Wildman–Crippen LogP) is 2.80. The monoisotopic (exact) mass is 326 g/mol. The fourth-order valence-corrected chi connectivity index (χ4v) is 5.95. The Morgan fingerprint density at radius 1 is 1.61 bits per heavy atom. The molecule has 0 bridgehead atoms. The van der Waals surface area contributed by atoms with E-state index in [1.165, 1.54) is 11.3 Å². The lowest BCUT2D eigenvalue weighted by molar-refractivity contribution is 0.335. The molecule has 2 N–H and O–H groups in total. The molecule has 0 aromatic carbocycles. The minimum absolute atomic E-state index is 0.0645. The van der Waals surface area contributed by atoms with Crippen LogP contribution in [0, 0.1) is 0 Å². The van der Waals surface area contributed by atoms with Gasteiger partial charge in [-0.05, 0) is 29.8 Å². The molecule has 0 aliphatic carbocycles. The highest BCUT2D eigenvalue weighted by molar-refractivity contribution is 8.02. The van der Waals surface area contributed by atoms with Crippen LogP contribution >= 0.6 is 34.9 Å². The van der Waals surface area contributed by atoms with Crippen LogP contribution in [0.2, 0.25) is 0 Å². The molecule has 8 heteroatoms. The fraction of sp³-hybridized carbons (Fsp3) is 0.600. The van der Waals surface area contributed by atoms with Crippen molar-refractivity contribution in [3.8, 4) is 0 Å². The first kappa shape index (κ1) is 14.6. The predicted molar refractivity (Wildman–Crippen MR) is 76.6 cm³/mol. The molecule has 0 saturated carbocycles. The third-order valence-electron chi connectivity index (χ3n) is 2.85. The Balaban J connectivity index is 2.45. The van der Waals surface area contributed by atoms with Gasteiger partial charge >= 0.3 is 0 Å². The van der Waals surface area contributed by atoms with Crippen LogP contribution in [0.1, 0.15) is 31.9 Å². The second kappa shape index (κ2) is 5.30. The molecular formula is C10H15ClN2O2S3. The van der Waals surface area contributed by atoms with Gasteiger partial charge in [0.25, 0.3) is 0 Å². The number of nitrogens with zero attached hydrogens (tertiary/aromatic N) is 1. The van der Waals surface area contributed by atoms with Gasteiger partial charge in [-0.25, -0.2) is 18.0 Å². The zero-order valence-electron chi connectivity index (χ0n) is 10.1. The third kappa shape index (κ3) is 2.86. The van der Waals surface area contributed by atoms with E-state index < -0.39 is 10.0 Å². The molecule has 0 spiro atoms. The molecular weight excluding hydrogens is 312 g/mol. The maximum atomic E-state index is 11.4. The molecule has 1 aliphatic heterocycles. The van der Waals surface area contributed by atoms with Crippen LogP contribution in [0.4, 0.5) is 0 Å². The van der Waals surface area contributed by atoms with Gasteiger partial charge in [0, 0.05) is 11.8 Å². The molecule has 0 fully saturated rings. The van der Waals surface area contributed by atoms with Gasteiger partial charge < -0.3 is 0 Å². The summed E-state index contributed by atoms with van der Waals surface area (Å²) in [4.78, 5) is 0. The van der Waals surface area contributed by atoms with E-state index in [4.69, 9.17) is 16.9 Å². The van der Waals surface area contributed by atoms with E-state index in [-0.39, 0.29) is 10.3 Å². The molecule has 0 saturated heterocycles. The molecule has 0 amide bonds. The number of primary sulfonamides is 1. The number of rotatable bonds is 3. The lowest BCUT2D eigenvalue weighted by Crippen LogP contribution is -2.24. The Bertz CT molecular complexity index is 543. The number of sulfonamides is 1. The lowest BCUT2D eigenvalue weighted by atomic mass is 10.1. The van der Waals surface area contributed by atoms with Gasteiger partial charge in [-0.3, -0.25) is 0 Å². The summed E-state index contributed by atoms with van der Waals surface area (Å²) in [5.74, 6) is 0. The zero-order valence-corrected chi connectivity index (χ0v) is 13.3. The molecule has 2 atom stereocenters. The standard InChI is InChI=1S/C10H15ClN2O2S3/c1-3-13(11)8-4-6(2)16-10-7(8)5-9(17-10)18(12,14)15/h5-6,8H,3-4H2,1-2H3,(H2,12,14,15)/t6-,8-/m0/s1. The number of hydrogen-bond acceptors (Lipinski definition) is 5. The molecule has 1 aromatic heterocycles. The van der Waals surface area contributed by atoms with Crippen LogP contribution in [0.25, 0.3) is 0 Å². The molecule has 102 valence electrons. The van der Waals surface area contributed by atoms with Gasteiger partial charge in [-0.15, -0.1) is 23.1 Å². The van der Waals surface area contributed by atoms with E-state index in [9.17, 15) is 8.42 Å². The number of thiophene rings is 1. The topological polar surface area (TPSA) is 63.4 Å². The average Bonchev–Trinajstić information content (AvgIpc) is 2.70. The smallest absolute Gasteiger partial charge is 0.224 e. The Labute approximate surface area is 121 Å². The van der Waals surface area contributed by atoms with E-state index in [1.807, 2.05) is 6.92 Å². The SMILES string of the molecule is CCN(Cl)[C@H]1C[C@H](C)Sc2sc(S(N)(=O)=O)cc21. The van der Waals surface area contributed by atoms with Crippen molar-refractivity contribution < 1.29 is 8.42 Å². The summed E-state index contributed by atoms with van der Waals surface area (Å²) >= 11 is 9.14. The third-order valence-corrected chi connectivity index (χ3v) is 7.27. The summed E-state index contributed by atoms with van der Waals surface area (Å²) in [5, 5.41) is 5.60. The van der Waals surface area contributed by atoms with Crippen molar-refractivity contribution in [3.63, 3.8) is 0 Å². The highest BCUT2D eigenvalue weighted by Gasteiger charge is 2.32. The number of fused-ring (bicyclic) bond motifs is 1. The van der Waals surface area contributed by atoms with E-state index >= 15 is 0 Å². The summed E-state index contributed by atoms with van der Waals surface area (Å²) in [5.41, 5.74) is 0.990. The van der Waals surface area contributed by atoms with Crippen molar-refractivity contribution in [2.75, 3.05) is 6.54 Å². The molecule has 4 nitrogen and oxygen atoms in total. The first-order chi connectivity index (χ1) is 8.32. The maximum absolute atomic E-state index is 11.4. The minimum atomic E-state index is -3.63. The van der Waals surface area contributed by atoms with Crippen LogP contribution < -0.4 is 5.14 Å². The van der Waals surface area contributed by atoms with Gasteiger partial charge in [-0.2, -0.15) is 0 Å². The van der Waals surface area contributed by atoms with Gasteiger partial charge in [0.2, 0.25) is 10.0 Å². The summed E-state index contributed by atoms with van der Waals surface area (Å²) in [7, 11) is -3.63. The van der Waals surface area contributed by atoms with E-state index in [0.29, 0.717) is 11.8 Å². The van der Waals surface area contributed by atoms with Crippen LogP contribution in [0.15, 0.2) is 14.5 Å². The second-order valence-corrected chi connectivity index (χ2v) is 9.23. The average molecular weight is 327 g/mol. The van der Waals surface area contributed by atoms with Crippen LogP contribution in [-0.2, 0) is 10.0 Å². The maximum Gasteiger partial charge on any atom is 0.247 e. The summed E-state index contributed by atoms with van der Waals surface area (Å²) in [6.45, 7) is 4.81. The van der Waals surface area contributed by atoms with E-state index in [0.717, 1.165) is 16.2 Å². The van der Waals surface area contributed by atoms with Crippen molar-refractivity contribution >= 4 is 44.9 Å². The second-order valence-electron chi connectivity index (χ2n) is 4.25. The highest BCUT2D eigenvalue weighted by Crippen LogP contribution is 2.48. The molecule has 0 unspecified atom stereocenters. The van der Waals surface area contributed by atoms with Crippen molar-refractivity contribution in [3.05, 3.63) is 11.6 Å². The first-order valence-corrected chi connectivity index (χ1v) is 9.16. The fourth-order valence-electron chi connectivity index (χ4n) is 1.99. The zero-order chi connectivity index (χ0) is 13.5. The highest BCUT2D eigenvalue weighted by atomic mass is 35.5. The Hall–Kier alpha value is 0.210. The van der Waals surface area contributed by atoms with E-state index in [1.54, 1.807) is 22.2 Å². The van der Waals surface area contributed by atoms with Crippen LogP contribution in [0.3, 0.4) is 0 Å². The summed E-state index contributed by atoms with van der Waals surface area (Å²) in [6, 6.07) is 1.74. The summed E-state index contributed by atoms with van der Waals surface area (Å²) in [6.07, 6.45) is 0.912. The quantitative estimate of drug-likeness (QED) is 0.867. The number of halogens is 1. The summed E-state index contributed by atoms with van der Waals surface area (Å²) < 4.78 is 25.8. The van der Waals surface area contributed by atoms with Crippen LogP contribution in [0.5, 0.6) is 0 Å². The van der Waals surface area contributed by atoms with Crippen molar-refractivity contribution in [2.45, 2.75) is 40.0 Å². The molecule has 1 aromatic rings. The Morgan fingerprint density at radius 2 is 2.28 bits per heavy atom. The number of hydrogen-bond donors (Lipinski definition) is 1. The minimum Gasteiger partial charge on any atom is -0.224 e. The van der Waals surface area contributed by atoms with Crippen LogP contribution in [-0.4, -0.2) is 24.6 Å². The normalized spacial score (nSPS) is 24.3. The number of thioether (sulfide) groups is 1. The van der Waals surface area contributed by atoms with Gasteiger partial charge in [0.05, 0.1) is 10.3 Å². The van der Waals surface area contributed by atoms with Gasteiger partial charge in [0.1, 0.15) is 4.21 Å². The van der Waals surface area contributed by atoms with Gasteiger partial charge in [0.15, 0.2) is 0 Å². The Kier molecular flexibility index (Phi) is 4.30. The first-order valence-electron chi connectivity index (χ1n) is 5.58. The van der Waals surface area contributed by atoms with Gasteiger partial charge in [-0.1, -0.05) is 13.8 Å².